The molecule has 1 atom stereocenters. The molecule has 4 nitrogen and oxygen atoms in total. The van der Waals surface area contributed by atoms with Gasteiger partial charge in [-0.2, -0.15) is 0 Å². The lowest BCUT2D eigenvalue weighted by Gasteiger charge is -2.09. The lowest BCUT2D eigenvalue weighted by atomic mass is 10.2. The van der Waals surface area contributed by atoms with E-state index in [1.807, 2.05) is 6.92 Å². The van der Waals surface area contributed by atoms with Gasteiger partial charge in [0, 0.05) is 17.0 Å². The van der Waals surface area contributed by atoms with Crippen LogP contribution in [-0.2, 0) is 4.84 Å². The molecule has 0 fully saturated rings. The monoisotopic (exact) mass is 252 g/mol. The highest BCUT2D eigenvalue weighted by Gasteiger charge is 2.18. The Bertz CT molecular complexity index is 460. The fourth-order valence-electron chi connectivity index (χ4n) is 1.62. The van der Waals surface area contributed by atoms with E-state index >= 15 is 0 Å². The molecular weight excluding hydrogens is 240 g/mol. The van der Waals surface area contributed by atoms with Crippen molar-refractivity contribution < 1.29 is 9.63 Å². The molecule has 1 aliphatic rings. The van der Waals surface area contributed by atoms with Gasteiger partial charge in [-0.1, -0.05) is 22.8 Å². The SMILES string of the molecule is CC1=NO[C@H](CNC(=O)c2cccc(Cl)c2)C1. The summed E-state index contributed by atoms with van der Waals surface area (Å²) in [6.07, 6.45) is 0.702. The molecule has 5 heteroatoms. The second-order valence-electron chi connectivity index (χ2n) is 3.98. The van der Waals surface area contributed by atoms with E-state index in [0.717, 1.165) is 12.1 Å². The van der Waals surface area contributed by atoms with Crippen molar-refractivity contribution in [2.75, 3.05) is 6.54 Å². The smallest absolute Gasteiger partial charge is 0.251 e. The molecule has 0 unspecified atom stereocenters. The third-order valence-electron chi connectivity index (χ3n) is 2.46. The number of amides is 1. The summed E-state index contributed by atoms with van der Waals surface area (Å²) in [7, 11) is 0. The molecule has 1 aromatic rings. The highest BCUT2D eigenvalue weighted by atomic mass is 35.5. The minimum atomic E-state index is -0.152. The zero-order valence-corrected chi connectivity index (χ0v) is 10.2. The Hall–Kier alpha value is -1.55. The van der Waals surface area contributed by atoms with Gasteiger partial charge < -0.3 is 10.2 Å². The normalized spacial score (nSPS) is 18.5. The highest BCUT2D eigenvalue weighted by molar-refractivity contribution is 6.30. The Morgan fingerprint density at radius 1 is 1.65 bits per heavy atom. The van der Waals surface area contributed by atoms with Crippen molar-refractivity contribution in [3.63, 3.8) is 0 Å². The maximum Gasteiger partial charge on any atom is 0.251 e. The van der Waals surface area contributed by atoms with Crippen LogP contribution in [0.2, 0.25) is 5.02 Å². The number of benzene rings is 1. The second kappa shape index (κ2) is 5.19. The molecule has 90 valence electrons. The molecule has 1 amide bonds. The summed E-state index contributed by atoms with van der Waals surface area (Å²) < 4.78 is 0. The number of nitrogens with zero attached hydrogens (tertiary/aromatic N) is 1. The summed E-state index contributed by atoms with van der Waals surface area (Å²) in [5.41, 5.74) is 1.50. The molecule has 1 N–H and O–H groups in total. The number of halogens is 1. The molecule has 0 aromatic heterocycles. The molecule has 1 aromatic carbocycles. The molecule has 0 radical (unpaired) electrons. The average Bonchev–Trinajstić information content (AvgIpc) is 2.72. The zero-order valence-electron chi connectivity index (χ0n) is 9.44. The largest absolute Gasteiger partial charge is 0.390 e. The minimum Gasteiger partial charge on any atom is -0.390 e. The van der Waals surface area contributed by atoms with Crippen LogP contribution in [0.15, 0.2) is 29.4 Å². The first-order valence-electron chi connectivity index (χ1n) is 5.38. The van der Waals surface area contributed by atoms with Gasteiger partial charge in [-0.15, -0.1) is 0 Å². The van der Waals surface area contributed by atoms with Gasteiger partial charge >= 0.3 is 0 Å². The van der Waals surface area contributed by atoms with E-state index in [2.05, 4.69) is 10.5 Å². The van der Waals surface area contributed by atoms with Crippen LogP contribution in [0.5, 0.6) is 0 Å². The molecule has 1 heterocycles. The van der Waals surface area contributed by atoms with E-state index in [1.54, 1.807) is 24.3 Å². The first kappa shape index (κ1) is 11.9. The molecule has 0 aliphatic carbocycles. The zero-order chi connectivity index (χ0) is 12.3. The Labute approximate surface area is 105 Å². The van der Waals surface area contributed by atoms with Crippen LogP contribution in [0.25, 0.3) is 0 Å². The number of carbonyl (C=O) groups excluding carboxylic acids is 1. The van der Waals surface area contributed by atoms with Crippen LogP contribution in [0.4, 0.5) is 0 Å². The van der Waals surface area contributed by atoms with E-state index in [0.29, 0.717) is 17.1 Å². The van der Waals surface area contributed by atoms with Crippen LogP contribution in [0, 0.1) is 0 Å². The lowest BCUT2D eigenvalue weighted by Crippen LogP contribution is -2.32. The fourth-order valence-corrected chi connectivity index (χ4v) is 1.81. The number of hydrogen-bond donors (Lipinski definition) is 1. The van der Waals surface area contributed by atoms with Crippen molar-refractivity contribution >= 4 is 23.2 Å². The summed E-state index contributed by atoms with van der Waals surface area (Å²) in [4.78, 5) is 16.9. The molecule has 0 bridgehead atoms. The number of nitrogens with one attached hydrogen (secondary N) is 1. The van der Waals surface area contributed by atoms with Crippen LogP contribution < -0.4 is 5.32 Å². The van der Waals surface area contributed by atoms with Gasteiger partial charge in [-0.05, 0) is 25.1 Å². The maximum atomic E-state index is 11.8. The Balaban J connectivity index is 1.86. The minimum absolute atomic E-state index is 0.0573. The Morgan fingerprint density at radius 2 is 2.47 bits per heavy atom. The van der Waals surface area contributed by atoms with Gasteiger partial charge in [0.1, 0.15) is 6.10 Å². The number of hydrogen-bond acceptors (Lipinski definition) is 3. The lowest BCUT2D eigenvalue weighted by molar-refractivity contribution is 0.0753. The van der Waals surface area contributed by atoms with Crippen molar-refractivity contribution in [1.29, 1.82) is 0 Å². The molecule has 0 saturated heterocycles. The Morgan fingerprint density at radius 3 is 3.12 bits per heavy atom. The van der Waals surface area contributed by atoms with Gasteiger partial charge in [0.25, 0.3) is 5.91 Å². The predicted molar refractivity (Wildman–Crippen MR) is 66.4 cm³/mol. The second-order valence-corrected chi connectivity index (χ2v) is 4.41. The average molecular weight is 253 g/mol. The summed E-state index contributed by atoms with van der Waals surface area (Å²) >= 11 is 5.81. The molecule has 17 heavy (non-hydrogen) atoms. The van der Waals surface area contributed by atoms with Crippen molar-refractivity contribution in [2.45, 2.75) is 19.4 Å². The van der Waals surface area contributed by atoms with E-state index in [1.165, 1.54) is 0 Å². The third kappa shape index (κ3) is 3.20. The molecule has 0 spiro atoms. The summed E-state index contributed by atoms with van der Waals surface area (Å²) in [6.45, 7) is 2.35. The van der Waals surface area contributed by atoms with Gasteiger partial charge in [0.2, 0.25) is 0 Å². The quantitative estimate of drug-likeness (QED) is 0.897. The molecular formula is C12H13ClN2O2. The maximum absolute atomic E-state index is 11.8. The summed E-state index contributed by atoms with van der Waals surface area (Å²) in [6, 6.07) is 6.83. The van der Waals surface area contributed by atoms with Crippen molar-refractivity contribution in [3.05, 3.63) is 34.9 Å². The molecule has 0 saturated carbocycles. The predicted octanol–water partition coefficient (Wildman–Crippen LogP) is 2.23. The molecule has 2 rings (SSSR count). The summed E-state index contributed by atoms with van der Waals surface area (Å²) in [5.74, 6) is -0.152. The van der Waals surface area contributed by atoms with Crippen LogP contribution in [0.3, 0.4) is 0 Å². The van der Waals surface area contributed by atoms with Gasteiger partial charge in [0.15, 0.2) is 0 Å². The van der Waals surface area contributed by atoms with E-state index in [9.17, 15) is 4.79 Å². The van der Waals surface area contributed by atoms with Gasteiger partial charge in [-0.3, -0.25) is 4.79 Å². The third-order valence-corrected chi connectivity index (χ3v) is 2.69. The van der Waals surface area contributed by atoms with Crippen LogP contribution >= 0.6 is 11.6 Å². The van der Waals surface area contributed by atoms with Crippen LogP contribution in [0.1, 0.15) is 23.7 Å². The van der Waals surface area contributed by atoms with E-state index in [4.69, 9.17) is 16.4 Å². The van der Waals surface area contributed by atoms with E-state index in [-0.39, 0.29) is 12.0 Å². The van der Waals surface area contributed by atoms with Crippen molar-refractivity contribution in [1.82, 2.24) is 5.32 Å². The first-order chi connectivity index (χ1) is 8.15. The highest BCUT2D eigenvalue weighted by Crippen LogP contribution is 2.11. The summed E-state index contributed by atoms with van der Waals surface area (Å²) in [5, 5.41) is 7.17. The van der Waals surface area contributed by atoms with E-state index < -0.39 is 0 Å². The topological polar surface area (TPSA) is 50.7 Å². The standard InChI is InChI=1S/C12H13ClN2O2/c1-8-5-11(17-15-8)7-14-12(16)9-3-2-4-10(13)6-9/h2-4,6,11H,5,7H2,1H3,(H,14,16)/t11-/m0/s1. The van der Waals surface area contributed by atoms with Crippen molar-refractivity contribution in [3.8, 4) is 0 Å². The first-order valence-corrected chi connectivity index (χ1v) is 5.76. The van der Waals surface area contributed by atoms with Crippen molar-refractivity contribution in [2.24, 2.45) is 5.16 Å². The van der Waals surface area contributed by atoms with Gasteiger partial charge in [-0.25, -0.2) is 0 Å². The van der Waals surface area contributed by atoms with Gasteiger partial charge in [0.05, 0.1) is 12.3 Å². The number of carbonyl (C=O) groups is 1. The van der Waals surface area contributed by atoms with Crippen LogP contribution in [-0.4, -0.2) is 24.3 Å². The number of oxime groups is 1. The molecule has 1 aliphatic heterocycles. The number of rotatable bonds is 3. The fraction of sp³-hybridized carbons (Fsp3) is 0.333. The Kier molecular flexibility index (Phi) is 3.64.